The molecule has 1 aromatic heterocycles. The third kappa shape index (κ3) is 4.73. The number of nitrogens with zero attached hydrogens (tertiary/aromatic N) is 3. The minimum absolute atomic E-state index is 0.00675. The van der Waals surface area contributed by atoms with Crippen molar-refractivity contribution in [2.24, 2.45) is 5.92 Å². The molecule has 10 nitrogen and oxygen atoms in total. The Labute approximate surface area is 199 Å². The number of benzene rings is 1. The molecule has 3 amide bonds. The zero-order chi connectivity index (χ0) is 25.4. The van der Waals surface area contributed by atoms with Crippen molar-refractivity contribution >= 4 is 17.7 Å². The van der Waals surface area contributed by atoms with Gasteiger partial charge in [-0.3, -0.25) is 23.7 Å². The molecule has 3 aliphatic rings. The summed E-state index contributed by atoms with van der Waals surface area (Å²) in [5, 5.41) is 15.6. The standard InChI is InChI=1S/C23H25F2N5O5/c1-29(2)23(35)21(33)27-16-7-11-3-6-14(16)19-28-17(18(31)22(34)30(19)10-11)20(32)26-9-12-4-5-13(24)8-15(12)25/h4-5,8,11,14,16,31H,3,6-7,9-10H2,1-2H3,(H,26,32)(H,27,33). The highest BCUT2D eigenvalue weighted by Gasteiger charge is 2.41. The molecule has 2 bridgehead atoms. The number of carbonyl (C=O) groups excluding carboxylic acids is 3. The minimum atomic E-state index is -0.908. The number of hydrogen-bond donors (Lipinski definition) is 3. The van der Waals surface area contributed by atoms with E-state index in [1.165, 1.54) is 24.7 Å². The number of halogens is 2. The fourth-order valence-electron chi connectivity index (χ4n) is 4.69. The van der Waals surface area contributed by atoms with E-state index < -0.39 is 58.3 Å². The highest BCUT2D eigenvalue weighted by molar-refractivity contribution is 6.34. The molecule has 0 spiro atoms. The summed E-state index contributed by atoms with van der Waals surface area (Å²) in [6, 6.07) is 2.41. The summed E-state index contributed by atoms with van der Waals surface area (Å²) in [4.78, 5) is 55.6. The molecule has 1 fully saturated rings. The fraction of sp³-hybridized carbons (Fsp3) is 0.435. The molecule has 12 heteroatoms. The van der Waals surface area contributed by atoms with E-state index in [4.69, 9.17) is 0 Å². The highest BCUT2D eigenvalue weighted by Crippen LogP contribution is 2.39. The number of amides is 3. The second-order valence-electron chi connectivity index (χ2n) is 9.07. The molecule has 1 aromatic carbocycles. The van der Waals surface area contributed by atoms with Gasteiger partial charge < -0.3 is 20.6 Å². The van der Waals surface area contributed by atoms with E-state index in [0.717, 1.165) is 17.4 Å². The van der Waals surface area contributed by atoms with Crippen LogP contribution in [0.1, 0.15) is 47.1 Å². The summed E-state index contributed by atoms with van der Waals surface area (Å²) in [7, 11) is 2.92. The Hall–Kier alpha value is -3.83. The molecule has 3 heterocycles. The summed E-state index contributed by atoms with van der Waals surface area (Å²) in [6.45, 7) is -0.0662. The Bertz CT molecular complexity index is 1260. The first kappa shape index (κ1) is 24.3. The van der Waals surface area contributed by atoms with E-state index in [1.807, 2.05) is 0 Å². The lowest BCUT2D eigenvalue weighted by atomic mass is 9.79. The maximum absolute atomic E-state index is 13.9. The van der Waals surface area contributed by atoms with Crippen LogP contribution < -0.4 is 16.2 Å². The van der Waals surface area contributed by atoms with Crippen molar-refractivity contribution in [3.8, 4) is 5.75 Å². The van der Waals surface area contributed by atoms with Crippen molar-refractivity contribution in [3.05, 3.63) is 57.3 Å². The number of fused-ring (bicyclic) bond motifs is 2. The minimum Gasteiger partial charge on any atom is -0.501 e. The molecule has 5 rings (SSSR count). The van der Waals surface area contributed by atoms with Crippen molar-refractivity contribution in [1.29, 1.82) is 0 Å². The van der Waals surface area contributed by atoms with Gasteiger partial charge in [0.2, 0.25) is 5.75 Å². The predicted octanol–water partition coefficient (Wildman–Crippen LogP) is 0.627. The van der Waals surface area contributed by atoms with Crippen LogP contribution in [-0.4, -0.2) is 57.4 Å². The quantitative estimate of drug-likeness (QED) is 0.540. The van der Waals surface area contributed by atoms with Crippen molar-refractivity contribution in [2.75, 3.05) is 14.1 Å². The molecule has 35 heavy (non-hydrogen) atoms. The lowest BCUT2D eigenvalue weighted by Crippen LogP contribution is -2.48. The summed E-state index contributed by atoms with van der Waals surface area (Å²) >= 11 is 0. The molecule has 0 saturated heterocycles. The van der Waals surface area contributed by atoms with Gasteiger partial charge in [-0.15, -0.1) is 0 Å². The first-order chi connectivity index (χ1) is 16.6. The molecular formula is C23H25F2N5O5. The number of likely N-dealkylation sites (N-methyl/N-ethyl adjacent to an activating group) is 1. The van der Waals surface area contributed by atoms with Gasteiger partial charge in [0.25, 0.3) is 11.5 Å². The predicted molar refractivity (Wildman–Crippen MR) is 118 cm³/mol. The zero-order valence-corrected chi connectivity index (χ0v) is 19.2. The monoisotopic (exact) mass is 489 g/mol. The summed E-state index contributed by atoms with van der Waals surface area (Å²) in [6.07, 6.45) is 1.81. The van der Waals surface area contributed by atoms with Gasteiger partial charge in [0, 0.05) is 50.8 Å². The highest BCUT2D eigenvalue weighted by atomic mass is 19.1. The molecule has 3 atom stereocenters. The van der Waals surface area contributed by atoms with Gasteiger partial charge in [0.1, 0.15) is 17.5 Å². The first-order valence-electron chi connectivity index (χ1n) is 11.1. The van der Waals surface area contributed by atoms with Crippen molar-refractivity contribution < 1.29 is 28.3 Å². The van der Waals surface area contributed by atoms with E-state index in [0.29, 0.717) is 18.9 Å². The van der Waals surface area contributed by atoms with Crippen LogP contribution in [0.25, 0.3) is 0 Å². The number of aromatic nitrogens is 2. The molecular weight excluding hydrogens is 464 g/mol. The largest absolute Gasteiger partial charge is 0.501 e. The number of rotatable bonds is 4. The molecule has 2 aromatic rings. The van der Waals surface area contributed by atoms with Gasteiger partial charge >= 0.3 is 11.8 Å². The Morgan fingerprint density at radius 2 is 1.97 bits per heavy atom. The maximum Gasteiger partial charge on any atom is 0.311 e. The van der Waals surface area contributed by atoms with Gasteiger partial charge in [-0.25, -0.2) is 13.8 Å². The van der Waals surface area contributed by atoms with Crippen LogP contribution >= 0.6 is 0 Å². The van der Waals surface area contributed by atoms with Crippen molar-refractivity contribution in [1.82, 2.24) is 25.1 Å². The Balaban J connectivity index is 1.62. The van der Waals surface area contributed by atoms with E-state index in [9.17, 15) is 33.1 Å². The third-order valence-electron chi connectivity index (χ3n) is 6.49. The number of aromatic hydroxyl groups is 1. The van der Waals surface area contributed by atoms with Gasteiger partial charge in [-0.2, -0.15) is 0 Å². The van der Waals surface area contributed by atoms with Crippen LogP contribution in [0.15, 0.2) is 23.0 Å². The number of nitrogens with one attached hydrogen (secondary N) is 2. The lowest BCUT2D eigenvalue weighted by Gasteiger charge is -2.32. The number of hydrogen-bond acceptors (Lipinski definition) is 6. The zero-order valence-electron chi connectivity index (χ0n) is 19.2. The molecule has 3 unspecified atom stereocenters. The first-order valence-corrected chi connectivity index (χ1v) is 11.1. The van der Waals surface area contributed by atoms with Crippen molar-refractivity contribution in [2.45, 2.75) is 44.3 Å². The second-order valence-corrected chi connectivity index (χ2v) is 9.07. The summed E-state index contributed by atoms with van der Waals surface area (Å²) < 4.78 is 28.3. The Morgan fingerprint density at radius 1 is 1.23 bits per heavy atom. The van der Waals surface area contributed by atoms with Crippen LogP contribution in [0, 0.1) is 17.6 Å². The average molecular weight is 489 g/mol. The average Bonchev–Trinajstić information content (AvgIpc) is 3.07. The molecule has 2 aliphatic heterocycles. The molecule has 186 valence electrons. The van der Waals surface area contributed by atoms with E-state index in [1.54, 1.807) is 0 Å². The second kappa shape index (κ2) is 9.43. The Kier molecular flexibility index (Phi) is 6.55. The van der Waals surface area contributed by atoms with Crippen molar-refractivity contribution in [3.63, 3.8) is 0 Å². The van der Waals surface area contributed by atoms with Crippen LogP contribution in [0.2, 0.25) is 0 Å². The topological polar surface area (TPSA) is 134 Å². The molecule has 1 saturated carbocycles. The van der Waals surface area contributed by atoms with Crippen LogP contribution in [0.3, 0.4) is 0 Å². The number of carbonyl (C=O) groups is 3. The van der Waals surface area contributed by atoms with Gasteiger partial charge in [-0.05, 0) is 31.2 Å². The molecule has 3 N–H and O–H groups in total. The fourth-order valence-corrected chi connectivity index (χ4v) is 4.69. The van der Waals surface area contributed by atoms with Crippen LogP contribution in [0.4, 0.5) is 8.78 Å². The Morgan fingerprint density at radius 3 is 2.66 bits per heavy atom. The molecule has 1 aliphatic carbocycles. The van der Waals surface area contributed by atoms with E-state index in [-0.39, 0.29) is 30.4 Å². The third-order valence-corrected chi connectivity index (χ3v) is 6.49. The lowest BCUT2D eigenvalue weighted by molar-refractivity contribution is -0.144. The van der Waals surface area contributed by atoms with E-state index >= 15 is 0 Å². The van der Waals surface area contributed by atoms with Gasteiger partial charge in [-0.1, -0.05) is 6.07 Å². The summed E-state index contributed by atoms with van der Waals surface area (Å²) in [5.74, 6) is -5.08. The maximum atomic E-state index is 13.9. The van der Waals surface area contributed by atoms with Crippen LogP contribution in [0.5, 0.6) is 5.75 Å². The normalized spacial score (nSPS) is 20.5. The van der Waals surface area contributed by atoms with Gasteiger partial charge in [0.05, 0.1) is 0 Å². The smallest absolute Gasteiger partial charge is 0.311 e. The summed E-state index contributed by atoms with van der Waals surface area (Å²) in [5.41, 5.74) is -1.30. The SMILES string of the molecule is CN(C)C(=O)C(=O)NC1CC2CCC1c1nc(C(=O)NCc3ccc(F)cc3F)c(O)c(=O)n1C2. The van der Waals surface area contributed by atoms with Crippen LogP contribution in [-0.2, 0) is 22.7 Å². The molecule has 0 radical (unpaired) electrons. The van der Waals surface area contributed by atoms with Gasteiger partial charge in [0.15, 0.2) is 5.69 Å². The van der Waals surface area contributed by atoms with E-state index in [2.05, 4.69) is 15.6 Å².